The third-order valence-electron chi connectivity index (χ3n) is 5.00. The van der Waals surface area contributed by atoms with Gasteiger partial charge in [-0.25, -0.2) is 0 Å². The summed E-state index contributed by atoms with van der Waals surface area (Å²) in [6.07, 6.45) is 12.7. The van der Waals surface area contributed by atoms with Gasteiger partial charge in [0.1, 0.15) is 0 Å². The molecular weight excluding hydrogens is 372 g/mol. The lowest BCUT2D eigenvalue weighted by Gasteiger charge is -2.12. The second-order valence-corrected chi connectivity index (χ2v) is 9.25. The topological polar surface area (TPSA) is 24.7 Å². The van der Waals surface area contributed by atoms with E-state index in [2.05, 4.69) is 103 Å². The van der Waals surface area contributed by atoms with Gasteiger partial charge in [-0.3, -0.25) is 9.98 Å². The molecule has 0 aromatic heterocycles. The second kappa shape index (κ2) is 9.41. The van der Waals surface area contributed by atoms with Crippen molar-refractivity contribution in [1.82, 2.24) is 0 Å². The van der Waals surface area contributed by atoms with Gasteiger partial charge in [-0.15, -0.1) is 11.8 Å². The first kappa shape index (κ1) is 21.3. The summed E-state index contributed by atoms with van der Waals surface area (Å²) >= 11 is 1.85. The zero-order valence-corrected chi connectivity index (χ0v) is 19.0. The Hall–Kier alpha value is -2.39. The fourth-order valence-electron chi connectivity index (χ4n) is 3.84. The van der Waals surface area contributed by atoms with Gasteiger partial charge in [0.2, 0.25) is 0 Å². The average molecular weight is 403 g/mol. The molecule has 0 spiro atoms. The maximum absolute atomic E-state index is 4.83. The van der Waals surface area contributed by atoms with Gasteiger partial charge in [0, 0.05) is 12.4 Å². The van der Waals surface area contributed by atoms with Gasteiger partial charge in [-0.1, -0.05) is 59.7 Å². The number of benzene rings is 2. The molecule has 0 fully saturated rings. The lowest BCUT2D eigenvalue weighted by Crippen LogP contribution is -2.08. The predicted molar refractivity (Wildman–Crippen MR) is 131 cm³/mol. The maximum atomic E-state index is 4.83. The van der Waals surface area contributed by atoms with Crippen molar-refractivity contribution in [3.05, 3.63) is 82.0 Å². The molecule has 2 aromatic carbocycles. The van der Waals surface area contributed by atoms with Gasteiger partial charge in [0.05, 0.1) is 21.9 Å². The fourth-order valence-corrected chi connectivity index (χ4v) is 4.83. The molecule has 0 saturated heterocycles. The standard InChI is InChI=1S/C26H30N2S/c1-17-11-19(3)25(20(4)12-17)27-15-23-9-7-8-10-24(29-23)16-28-26-21(5)13-18(2)14-22(26)6/h7-16,23-24H,1-6H3. The predicted octanol–water partition coefficient (Wildman–Crippen LogP) is 7.24. The van der Waals surface area contributed by atoms with E-state index in [4.69, 9.17) is 9.98 Å². The molecule has 1 aliphatic rings. The molecule has 0 saturated carbocycles. The SMILES string of the molecule is Cc1cc(C)c(N=CC2C=CC=CC(C=Nc3c(C)cc(C)cc3C)S2)c(C)c1. The molecule has 2 nitrogen and oxygen atoms in total. The van der Waals surface area contributed by atoms with Crippen LogP contribution in [0.1, 0.15) is 33.4 Å². The quantitative estimate of drug-likeness (QED) is 0.495. The number of hydrogen-bond donors (Lipinski definition) is 0. The second-order valence-electron chi connectivity index (χ2n) is 7.89. The van der Waals surface area contributed by atoms with Crippen molar-refractivity contribution >= 4 is 35.6 Å². The molecular formula is C26H30N2S. The van der Waals surface area contributed by atoms with Crippen LogP contribution in [-0.4, -0.2) is 22.9 Å². The van der Waals surface area contributed by atoms with Gasteiger partial charge in [0.15, 0.2) is 0 Å². The smallest absolute Gasteiger partial charge is 0.0684 e. The molecule has 0 N–H and O–H groups in total. The monoisotopic (exact) mass is 402 g/mol. The molecule has 1 aliphatic heterocycles. The van der Waals surface area contributed by atoms with E-state index in [1.807, 2.05) is 11.8 Å². The minimum absolute atomic E-state index is 0.210. The Morgan fingerprint density at radius 2 is 0.966 bits per heavy atom. The Morgan fingerprint density at radius 1 is 0.621 bits per heavy atom. The van der Waals surface area contributed by atoms with Crippen molar-refractivity contribution in [2.75, 3.05) is 0 Å². The summed E-state index contributed by atoms with van der Waals surface area (Å²) in [7, 11) is 0. The van der Waals surface area contributed by atoms with E-state index in [0.29, 0.717) is 0 Å². The molecule has 3 rings (SSSR count). The van der Waals surface area contributed by atoms with Gasteiger partial charge in [-0.2, -0.15) is 0 Å². The van der Waals surface area contributed by atoms with Crippen LogP contribution in [0.15, 0.2) is 58.6 Å². The van der Waals surface area contributed by atoms with Crippen LogP contribution in [0, 0.1) is 41.5 Å². The van der Waals surface area contributed by atoms with Crippen LogP contribution in [-0.2, 0) is 0 Å². The summed E-state index contributed by atoms with van der Waals surface area (Å²) in [6, 6.07) is 8.77. The van der Waals surface area contributed by atoms with Crippen molar-refractivity contribution in [1.29, 1.82) is 0 Å². The summed E-state index contributed by atoms with van der Waals surface area (Å²) in [5.41, 5.74) is 9.63. The molecule has 0 bridgehead atoms. The highest BCUT2D eigenvalue weighted by Gasteiger charge is 2.13. The van der Waals surface area contributed by atoms with Gasteiger partial charge in [0.25, 0.3) is 0 Å². The molecule has 0 amide bonds. The van der Waals surface area contributed by atoms with Crippen molar-refractivity contribution in [3.8, 4) is 0 Å². The zero-order chi connectivity index (χ0) is 21.0. The summed E-state index contributed by atoms with van der Waals surface area (Å²) in [6.45, 7) is 12.8. The third-order valence-corrected chi connectivity index (χ3v) is 6.19. The third kappa shape index (κ3) is 5.57. The summed E-state index contributed by atoms with van der Waals surface area (Å²) < 4.78 is 0. The van der Waals surface area contributed by atoms with E-state index in [0.717, 1.165) is 11.4 Å². The lowest BCUT2D eigenvalue weighted by molar-refractivity contribution is 1.28. The first-order valence-electron chi connectivity index (χ1n) is 10.1. The number of nitrogens with zero attached hydrogens (tertiary/aromatic N) is 2. The lowest BCUT2D eigenvalue weighted by atomic mass is 10.1. The number of aryl methyl sites for hydroxylation is 6. The Kier molecular flexibility index (Phi) is 6.92. The number of aliphatic imine (C=N–C) groups is 2. The Morgan fingerprint density at radius 3 is 1.31 bits per heavy atom. The average Bonchev–Trinajstić information content (AvgIpc) is 2.85. The Bertz CT molecular complexity index is 884. The van der Waals surface area contributed by atoms with Crippen LogP contribution in [0.4, 0.5) is 11.4 Å². The summed E-state index contributed by atoms with van der Waals surface area (Å²) in [5.74, 6) is 0. The molecule has 2 atom stereocenters. The van der Waals surface area contributed by atoms with E-state index < -0.39 is 0 Å². The van der Waals surface area contributed by atoms with E-state index in [1.54, 1.807) is 0 Å². The van der Waals surface area contributed by atoms with Crippen LogP contribution >= 0.6 is 11.8 Å². The number of hydrogen-bond acceptors (Lipinski definition) is 3. The molecule has 0 aliphatic carbocycles. The fraction of sp³-hybridized carbons (Fsp3) is 0.308. The summed E-state index contributed by atoms with van der Waals surface area (Å²) in [4.78, 5) is 9.67. The Labute approximate surface area is 179 Å². The van der Waals surface area contributed by atoms with Crippen LogP contribution < -0.4 is 0 Å². The summed E-state index contributed by atoms with van der Waals surface area (Å²) in [5, 5.41) is 0.420. The largest absolute Gasteiger partial charge is 0.259 e. The number of allylic oxidation sites excluding steroid dienone is 2. The van der Waals surface area contributed by atoms with Crippen molar-refractivity contribution in [2.45, 2.75) is 52.0 Å². The molecule has 1 heterocycles. The van der Waals surface area contributed by atoms with Gasteiger partial charge < -0.3 is 0 Å². The van der Waals surface area contributed by atoms with E-state index >= 15 is 0 Å². The normalized spacial score (nSPS) is 19.4. The highest BCUT2D eigenvalue weighted by molar-refractivity contribution is 8.02. The van der Waals surface area contributed by atoms with Gasteiger partial charge >= 0.3 is 0 Å². The molecule has 3 heteroatoms. The number of rotatable bonds is 4. The zero-order valence-electron chi connectivity index (χ0n) is 18.2. The first-order valence-corrected chi connectivity index (χ1v) is 11.0. The first-order chi connectivity index (χ1) is 13.8. The highest BCUT2D eigenvalue weighted by Crippen LogP contribution is 2.28. The van der Waals surface area contributed by atoms with E-state index in [1.165, 1.54) is 33.4 Å². The Balaban J connectivity index is 1.76. The van der Waals surface area contributed by atoms with Crippen molar-refractivity contribution in [3.63, 3.8) is 0 Å². The van der Waals surface area contributed by atoms with Crippen LogP contribution in [0.3, 0.4) is 0 Å². The minimum atomic E-state index is 0.210. The number of thioether (sulfide) groups is 1. The van der Waals surface area contributed by atoms with Crippen molar-refractivity contribution in [2.24, 2.45) is 9.98 Å². The van der Waals surface area contributed by atoms with E-state index in [9.17, 15) is 0 Å². The van der Waals surface area contributed by atoms with Crippen LogP contribution in [0.2, 0.25) is 0 Å². The maximum Gasteiger partial charge on any atom is 0.0684 e. The molecule has 0 radical (unpaired) electrons. The minimum Gasteiger partial charge on any atom is -0.259 e. The molecule has 2 aromatic rings. The molecule has 2 unspecified atom stereocenters. The van der Waals surface area contributed by atoms with E-state index in [-0.39, 0.29) is 10.5 Å². The van der Waals surface area contributed by atoms with Crippen molar-refractivity contribution < 1.29 is 0 Å². The van der Waals surface area contributed by atoms with Crippen LogP contribution in [0.25, 0.3) is 0 Å². The molecule has 150 valence electrons. The highest BCUT2D eigenvalue weighted by atomic mass is 32.2. The van der Waals surface area contributed by atoms with Crippen LogP contribution in [0.5, 0.6) is 0 Å². The molecule has 29 heavy (non-hydrogen) atoms. The van der Waals surface area contributed by atoms with Gasteiger partial charge in [-0.05, 0) is 63.8 Å².